The molecule has 1 aromatic heterocycles. The van der Waals surface area contributed by atoms with Crippen LogP contribution in [0.25, 0.3) is 5.69 Å². The number of carbonyl (C=O) groups is 1. The second-order valence-electron chi connectivity index (χ2n) is 8.28. The molecule has 178 valence electrons. The van der Waals surface area contributed by atoms with Gasteiger partial charge in [0.15, 0.2) is 0 Å². The van der Waals surface area contributed by atoms with Gasteiger partial charge in [-0.1, -0.05) is 54.1 Å². The van der Waals surface area contributed by atoms with E-state index in [2.05, 4.69) is 22.5 Å². The maximum atomic E-state index is 12.7. The number of amides is 1. The Bertz CT molecular complexity index is 1320. The molecule has 1 atom stereocenters. The standard InChI is InChI=1S/C28H26ClN3O3/c1-20(7-8-21-5-3-2-4-6-21)30-28(34)23-11-15-25(16-12-23)32-27(33)18-17-26(31-32)35-19-22-9-13-24(29)14-10-22/h2-6,9-18,20H,7-8,19H2,1H3,(H,30,34)/t20-/m1/s1. The number of hydrogen-bond acceptors (Lipinski definition) is 4. The van der Waals surface area contributed by atoms with Gasteiger partial charge in [0.05, 0.1) is 5.69 Å². The Balaban J connectivity index is 1.37. The zero-order valence-corrected chi connectivity index (χ0v) is 20.1. The van der Waals surface area contributed by atoms with Gasteiger partial charge in [0.2, 0.25) is 5.88 Å². The lowest BCUT2D eigenvalue weighted by atomic mass is 10.1. The van der Waals surface area contributed by atoms with Crippen molar-refractivity contribution in [3.63, 3.8) is 0 Å². The minimum Gasteiger partial charge on any atom is -0.472 e. The van der Waals surface area contributed by atoms with Crippen molar-refractivity contribution in [3.8, 4) is 11.6 Å². The van der Waals surface area contributed by atoms with Crippen LogP contribution in [0.1, 0.15) is 34.8 Å². The Morgan fingerprint density at radius 1 is 0.943 bits per heavy atom. The van der Waals surface area contributed by atoms with Crippen molar-refractivity contribution in [1.82, 2.24) is 15.1 Å². The third kappa shape index (κ3) is 6.80. The van der Waals surface area contributed by atoms with E-state index in [0.717, 1.165) is 18.4 Å². The number of aryl methyl sites for hydroxylation is 1. The lowest BCUT2D eigenvalue weighted by molar-refractivity contribution is 0.0938. The number of ether oxygens (including phenoxy) is 1. The van der Waals surface area contributed by atoms with Gasteiger partial charge in [-0.05, 0) is 67.3 Å². The molecule has 0 saturated carbocycles. The molecule has 0 aliphatic rings. The normalized spacial score (nSPS) is 11.6. The number of halogens is 1. The molecule has 0 unspecified atom stereocenters. The fraction of sp³-hybridized carbons (Fsp3) is 0.179. The molecule has 7 heteroatoms. The molecule has 0 saturated heterocycles. The van der Waals surface area contributed by atoms with E-state index in [1.54, 1.807) is 36.4 Å². The predicted molar refractivity (Wildman–Crippen MR) is 137 cm³/mol. The molecule has 4 aromatic rings. The minimum absolute atomic E-state index is 0.0288. The van der Waals surface area contributed by atoms with Crippen molar-refractivity contribution in [2.24, 2.45) is 0 Å². The van der Waals surface area contributed by atoms with E-state index in [4.69, 9.17) is 16.3 Å². The van der Waals surface area contributed by atoms with Gasteiger partial charge in [-0.3, -0.25) is 9.59 Å². The maximum absolute atomic E-state index is 12.7. The summed E-state index contributed by atoms with van der Waals surface area (Å²) in [6.45, 7) is 2.29. The van der Waals surface area contributed by atoms with Crippen LogP contribution in [0.3, 0.4) is 0 Å². The Morgan fingerprint density at radius 2 is 1.66 bits per heavy atom. The molecule has 0 aliphatic heterocycles. The zero-order valence-electron chi connectivity index (χ0n) is 19.4. The van der Waals surface area contributed by atoms with E-state index >= 15 is 0 Å². The number of rotatable bonds is 9. The van der Waals surface area contributed by atoms with Gasteiger partial charge in [-0.25, -0.2) is 0 Å². The van der Waals surface area contributed by atoms with Crippen LogP contribution in [0.5, 0.6) is 5.88 Å². The number of aromatic nitrogens is 2. The minimum atomic E-state index is -0.296. The molecular formula is C28H26ClN3O3. The van der Waals surface area contributed by atoms with Crippen LogP contribution in [0.4, 0.5) is 0 Å². The first-order chi connectivity index (χ1) is 17.0. The fourth-order valence-corrected chi connectivity index (χ4v) is 3.68. The van der Waals surface area contributed by atoms with E-state index in [-0.39, 0.29) is 17.5 Å². The van der Waals surface area contributed by atoms with E-state index in [9.17, 15) is 9.59 Å². The van der Waals surface area contributed by atoms with Crippen molar-refractivity contribution >= 4 is 17.5 Å². The van der Waals surface area contributed by atoms with Crippen molar-refractivity contribution in [3.05, 3.63) is 123 Å². The second kappa shape index (κ2) is 11.5. The highest BCUT2D eigenvalue weighted by Gasteiger charge is 2.11. The summed E-state index contributed by atoms with van der Waals surface area (Å²) in [5.74, 6) is 0.158. The number of carbonyl (C=O) groups excluding carboxylic acids is 1. The molecule has 1 amide bonds. The number of nitrogens with zero attached hydrogens (tertiary/aromatic N) is 2. The quantitative estimate of drug-likeness (QED) is 0.351. The Kier molecular flexibility index (Phi) is 7.95. The summed E-state index contributed by atoms with van der Waals surface area (Å²) >= 11 is 5.91. The molecule has 6 nitrogen and oxygen atoms in total. The average Bonchev–Trinajstić information content (AvgIpc) is 2.88. The van der Waals surface area contributed by atoms with Gasteiger partial charge in [0.1, 0.15) is 6.61 Å². The predicted octanol–water partition coefficient (Wildman–Crippen LogP) is 5.22. The largest absolute Gasteiger partial charge is 0.472 e. The summed E-state index contributed by atoms with van der Waals surface area (Å²) in [4.78, 5) is 25.0. The molecule has 4 rings (SSSR count). The van der Waals surface area contributed by atoms with Crippen LogP contribution in [0, 0.1) is 0 Å². The first kappa shape index (κ1) is 24.2. The third-order valence-corrected chi connectivity index (χ3v) is 5.79. The molecule has 0 radical (unpaired) electrons. The molecular weight excluding hydrogens is 462 g/mol. The molecule has 0 bridgehead atoms. The van der Waals surface area contributed by atoms with Crippen molar-refractivity contribution < 1.29 is 9.53 Å². The first-order valence-electron chi connectivity index (χ1n) is 11.4. The number of nitrogens with one attached hydrogen (secondary N) is 1. The van der Waals surface area contributed by atoms with Gasteiger partial charge >= 0.3 is 0 Å². The number of benzene rings is 3. The molecule has 0 aliphatic carbocycles. The van der Waals surface area contributed by atoms with Crippen molar-refractivity contribution in [2.75, 3.05) is 0 Å². The zero-order chi connectivity index (χ0) is 24.6. The lowest BCUT2D eigenvalue weighted by Gasteiger charge is -2.14. The summed E-state index contributed by atoms with van der Waals surface area (Å²) in [6, 6.07) is 27.2. The number of hydrogen-bond donors (Lipinski definition) is 1. The summed E-state index contributed by atoms with van der Waals surface area (Å²) < 4.78 is 6.98. The van der Waals surface area contributed by atoms with Crippen molar-refractivity contribution in [1.29, 1.82) is 0 Å². The van der Waals surface area contributed by atoms with E-state index in [1.807, 2.05) is 37.3 Å². The summed E-state index contributed by atoms with van der Waals surface area (Å²) in [5, 5.41) is 7.99. The Labute approximate surface area is 209 Å². The monoisotopic (exact) mass is 487 g/mol. The second-order valence-corrected chi connectivity index (χ2v) is 8.72. The van der Waals surface area contributed by atoms with E-state index in [1.165, 1.54) is 22.4 Å². The van der Waals surface area contributed by atoms with Crippen LogP contribution in [0.2, 0.25) is 5.02 Å². The molecule has 0 spiro atoms. The highest BCUT2D eigenvalue weighted by atomic mass is 35.5. The fourth-order valence-electron chi connectivity index (χ4n) is 3.56. The van der Waals surface area contributed by atoms with Gasteiger partial charge in [0.25, 0.3) is 11.5 Å². The summed E-state index contributed by atoms with van der Waals surface area (Å²) in [6.07, 6.45) is 1.74. The molecule has 3 aromatic carbocycles. The topological polar surface area (TPSA) is 73.2 Å². The maximum Gasteiger partial charge on any atom is 0.271 e. The van der Waals surface area contributed by atoms with Crippen LogP contribution in [-0.2, 0) is 13.0 Å². The first-order valence-corrected chi connectivity index (χ1v) is 11.8. The summed E-state index contributed by atoms with van der Waals surface area (Å²) in [7, 11) is 0. The van der Waals surface area contributed by atoms with Crippen LogP contribution < -0.4 is 15.6 Å². The molecule has 35 heavy (non-hydrogen) atoms. The van der Waals surface area contributed by atoms with Crippen LogP contribution in [0.15, 0.2) is 95.8 Å². The summed E-state index contributed by atoms with van der Waals surface area (Å²) in [5.41, 5.74) is 2.94. The van der Waals surface area contributed by atoms with Crippen LogP contribution >= 0.6 is 11.6 Å². The highest BCUT2D eigenvalue weighted by Crippen LogP contribution is 2.14. The Hall–Kier alpha value is -3.90. The van der Waals surface area contributed by atoms with Crippen molar-refractivity contribution in [2.45, 2.75) is 32.4 Å². The molecule has 1 N–H and O–H groups in total. The SMILES string of the molecule is C[C@H](CCc1ccccc1)NC(=O)c1ccc(-n2nc(OCc3ccc(Cl)cc3)ccc2=O)cc1. The van der Waals surface area contributed by atoms with Gasteiger partial charge in [0, 0.05) is 28.8 Å². The smallest absolute Gasteiger partial charge is 0.271 e. The average molecular weight is 488 g/mol. The van der Waals surface area contributed by atoms with Gasteiger partial charge in [-0.15, -0.1) is 5.10 Å². The van der Waals surface area contributed by atoms with Gasteiger partial charge < -0.3 is 10.1 Å². The van der Waals surface area contributed by atoms with Gasteiger partial charge in [-0.2, -0.15) is 4.68 Å². The Morgan fingerprint density at radius 3 is 2.37 bits per heavy atom. The third-order valence-electron chi connectivity index (χ3n) is 5.54. The molecule has 0 fully saturated rings. The van der Waals surface area contributed by atoms with Crippen LogP contribution in [-0.4, -0.2) is 21.7 Å². The molecule has 1 heterocycles. The van der Waals surface area contributed by atoms with E-state index in [0.29, 0.717) is 28.8 Å². The highest BCUT2D eigenvalue weighted by molar-refractivity contribution is 6.30. The van der Waals surface area contributed by atoms with E-state index < -0.39 is 0 Å². The lowest BCUT2D eigenvalue weighted by Crippen LogP contribution is -2.32.